The standard InChI is InChI=1S/C13H16N2O3/c1-3-9-4-6-10(7-5-9)14-12(16)11-8-18-13(17)15(11)2/h4-7,11H,3,8H2,1-2H3,(H,14,16). The van der Waals surface area contributed by atoms with Gasteiger partial charge in [-0.05, 0) is 24.1 Å². The molecule has 1 heterocycles. The third-order valence-electron chi connectivity index (χ3n) is 3.05. The summed E-state index contributed by atoms with van der Waals surface area (Å²) in [6, 6.07) is 7.09. The van der Waals surface area contributed by atoms with Gasteiger partial charge in [0.25, 0.3) is 5.91 Å². The van der Waals surface area contributed by atoms with Gasteiger partial charge in [0.15, 0.2) is 0 Å². The Kier molecular flexibility index (Phi) is 3.50. The van der Waals surface area contributed by atoms with Crippen molar-refractivity contribution in [3.05, 3.63) is 29.8 Å². The zero-order valence-electron chi connectivity index (χ0n) is 10.5. The zero-order chi connectivity index (χ0) is 13.1. The number of rotatable bonds is 3. The number of aryl methyl sites for hydroxylation is 1. The van der Waals surface area contributed by atoms with Crippen molar-refractivity contribution in [2.24, 2.45) is 0 Å². The highest BCUT2D eigenvalue weighted by Gasteiger charge is 2.35. The third-order valence-corrected chi connectivity index (χ3v) is 3.05. The smallest absolute Gasteiger partial charge is 0.410 e. The molecule has 5 nitrogen and oxygen atoms in total. The van der Waals surface area contributed by atoms with Crippen molar-refractivity contribution in [1.82, 2.24) is 4.90 Å². The van der Waals surface area contributed by atoms with Crippen molar-refractivity contribution >= 4 is 17.7 Å². The molecular weight excluding hydrogens is 232 g/mol. The van der Waals surface area contributed by atoms with Gasteiger partial charge in [-0.3, -0.25) is 9.69 Å². The molecule has 1 aromatic carbocycles. The van der Waals surface area contributed by atoms with E-state index in [1.54, 1.807) is 7.05 Å². The fourth-order valence-corrected chi connectivity index (χ4v) is 1.79. The van der Waals surface area contributed by atoms with E-state index < -0.39 is 12.1 Å². The van der Waals surface area contributed by atoms with E-state index in [9.17, 15) is 9.59 Å². The molecule has 1 saturated heterocycles. The Morgan fingerprint density at radius 2 is 2.11 bits per heavy atom. The Morgan fingerprint density at radius 1 is 1.44 bits per heavy atom. The number of nitrogens with zero attached hydrogens (tertiary/aromatic N) is 1. The second-order valence-electron chi connectivity index (χ2n) is 4.24. The van der Waals surface area contributed by atoms with Gasteiger partial charge in [-0.2, -0.15) is 0 Å². The molecular formula is C13H16N2O3. The van der Waals surface area contributed by atoms with Gasteiger partial charge < -0.3 is 10.1 Å². The lowest BCUT2D eigenvalue weighted by molar-refractivity contribution is -0.119. The first-order chi connectivity index (χ1) is 8.61. The highest BCUT2D eigenvalue weighted by Crippen LogP contribution is 2.14. The van der Waals surface area contributed by atoms with E-state index in [1.165, 1.54) is 10.5 Å². The molecule has 5 heteroatoms. The van der Waals surface area contributed by atoms with E-state index >= 15 is 0 Å². The lowest BCUT2D eigenvalue weighted by Crippen LogP contribution is -2.40. The summed E-state index contributed by atoms with van der Waals surface area (Å²) in [6.45, 7) is 2.18. The summed E-state index contributed by atoms with van der Waals surface area (Å²) in [6.07, 6.45) is 0.499. The summed E-state index contributed by atoms with van der Waals surface area (Å²) in [5.74, 6) is -0.229. The summed E-state index contributed by atoms with van der Waals surface area (Å²) in [5, 5.41) is 2.77. The van der Waals surface area contributed by atoms with Crippen LogP contribution in [0.4, 0.5) is 10.5 Å². The van der Waals surface area contributed by atoms with Crippen LogP contribution in [-0.4, -0.2) is 36.6 Å². The van der Waals surface area contributed by atoms with Crippen molar-refractivity contribution < 1.29 is 14.3 Å². The number of cyclic esters (lactones) is 1. The van der Waals surface area contributed by atoms with Crippen LogP contribution < -0.4 is 5.32 Å². The maximum absolute atomic E-state index is 11.9. The van der Waals surface area contributed by atoms with Crippen LogP contribution in [0.2, 0.25) is 0 Å². The van der Waals surface area contributed by atoms with Crippen LogP contribution in [-0.2, 0) is 16.0 Å². The van der Waals surface area contributed by atoms with Crippen LogP contribution in [0.25, 0.3) is 0 Å². The molecule has 1 fully saturated rings. The van der Waals surface area contributed by atoms with E-state index in [-0.39, 0.29) is 12.5 Å². The van der Waals surface area contributed by atoms with Gasteiger partial charge in [0.05, 0.1) is 0 Å². The number of nitrogens with one attached hydrogen (secondary N) is 1. The SMILES string of the molecule is CCc1ccc(NC(=O)C2COC(=O)N2C)cc1. The molecule has 1 aliphatic heterocycles. The first kappa shape index (κ1) is 12.4. The number of anilines is 1. The largest absolute Gasteiger partial charge is 0.447 e. The molecule has 0 spiro atoms. The molecule has 0 aliphatic carbocycles. The molecule has 1 aromatic rings. The number of hydrogen-bond donors (Lipinski definition) is 1. The van der Waals surface area contributed by atoms with Gasteiger partial charge in [0.1, 0.15) is 12.6 Å². The number of carbonyl (C=O) groups is 2. The predicted molar refractivity (Wildman–Crippen MR) is 67.3 cm³/mol. The summed E-state index contributed by atoms with van der Waals surface area (Å²) < 4.78 is 4.80. The minimum absolute atomic E-state index is 0.105. The van der Waals surface area contributed by atoms with Gasteiger partial charge in [0.2, 0.25) is 0 Å². The zero-order valence-corrected chi connectivity index (χ0v) is 10.5. The van der Waals surface area contributed by atoms with Crippen molar-refractivity contribution in [2.45, 2.75) is 19.4 Å². The minimum atomic E-state index is -0.552. The number of likely N-dealkylation sites (N-methyl/N-ethyl adjacent to an activating group) is 1. The molecule has 2 rings (SSSR count). The maximum Gasteiger partial charge on any atom is 0.410 e. The van der Waals surface area contributed by atoms with Crippen LogP contribution >= 0.6 is 0 Å². The average molecular weight is 248 g/mol. The highest BCUT2D eigenvalue weighted by atomic mass is 16.6. The third kappa shape index (κ3) is 2.45. The Balaban J connectivity index is 2.00. The quantitative estimate of drug-likeness (QED) is 0.884. The molecule has 96 valence electrons. The Hall–Kier alpha value is -2.04. The van der Waals surface area contributed by atoms with Gasteiger partial charge >= 0.3 is 6.09 Å². The molecule has 0 radical (unpaired) electrons. The van der Waals surface area contributed by atoms with Gasteiger partial charge in [-0.15, -0.1) is 0 Å². The first-order valence-electron chi connectivity index (χ1n) is 5.91. The Labute approximate surface area is 106 Å². The van der Waals surface area contributed by atoms with Crippen molar-refractivity contribution in [2.75, 3.05) is 19.0 Å². The van der Waals surface area contributed by atoms with Crippen molar-refractivity contribution in [3.63, 3.8) is 0 Å². The number of hydrogen-bond acceptors (Lipinski definition) is 3. The maximum atomic E-state index is 11.9. The van der Waals surface area contributed by atoms with Crippen LogP contribution in [0.3, 0.4) is 0 Å². The van der Waals surface area contributed by atoms with Gasteiger partial charge in [0, 0.05) is 12.7 Å². The minimum Gasteiger partial charge on any atom is -0.447 e. The van der Waals surface area contributed by atoms with E-state index in [0.717, 1.165) is 12.1 Å². The first-order valence-corrected chi connectivity index (χ1v) is 5.91. The topological polar surface area (TPSA) is 58.6 Å². The molecule has 1 N–H and O–H groups in total. The van der Waals surface area contributed by atoms with Crippen LogP contribution in [0.5, 0.6) is 0 Å². The number of amides is 2. The van der Waals surface area contributed by atoms with E-state index in [2.05, 4.69) is 12.2 Å². The van der Waals surface area contributed by atoms with Gasteiger partial charge in [-0.25, -0.2) is 4.79 Å². The monoisotopic (exact) mass is 248 g/mol. The van der Waals surface area contributed by atoms with Crippen molar-refractivity contribution in [1.29, 1.82) is 0 Å². The molecule has 2 amide bonds. The predicted octanol–water partition coefficient (Wildman–Crippen LogP) is 1.64. The van der Waals surface area contributed by atoms with E-state index in [4.69, 9.17) is 4.74 Å². The molecule has 0 aromatic heterocycles. The Bertz CT molecular complexity index is 456. The molecule has 1 unspecified atom stereocenters. The van der Waals surface area contributed by atoms with Crippen LogP contribution in [0.15, 0.2) is 24.3 Å². The average Bonchev–Trinajstić information content (AvgIpc) is 2.71. The fourth-order valence-electron chi connectivity index (χ4n) is 1.79. The normalized spacial score (nSPS) is 18.7. The van der Waals surface area contributed by atoms with Gasteiger partial charge in [-0.1, -0.05) is 19.1 Å². The van der Waals surface area contributed by atoms with Crippen molar-refractivity contribution in [3.8, 4) is 0 Å². The summed E-state index contributed by atoms with van der Waals surface area (Å²) in [7, 11) is 1.56. The summed E-state index contributed by atoms with van der Waals surface area (Å²) >= 11 is 0. The van der Waals surface area contributed by atoms with E-state index in [0.29, 0.717) is 0 Å². The lowest BCUT2D eigenvalue weighted by Gasteiger charge is -2.15. The van der Waals surface area contributed by atoms with Crippen LogP contribution in [0, 0.1) is 0 Å². The fraction of sp³-hybridized carbons (Fsp3) is 0.385. The molecule has 0 saturated carbocycles. The lowest BCUT2D eigenvalue weighted by atomic mass is 10.1. The molecule has 1 aliphatic rings. The number of carbonyl (C=O) groups excluding carboxylic acids is 2. The Morgan fingerprint density at radius 3 is 2.61 bits per heavy atom. The number of benzene rings is 1. The summed E-state index contributed by atoms with van der Waals surface area (Å²) in [4.78, 5) is 24.4. The molecule has 1 atom stereocenters. The number of ether oxygens (including phenoxy) is 1. The second kappa shape index (κ2) is 5.08. The molecule has 18 heavy (non-hydrogen) atoms. The van der Waals surface area contributed by atoms with E-state index in [1.807, 2.05) is 24.3 Å². The van der Waals surface area contributed by atoms with Crippen LogP contribution in [0.1, 0.15) is 12.5 Å². The second-order valence-corrected chi connectivity index (χ2v) is 4.24. The summed E-state index contributed by atoms with van der Waals surface area (Å²) in [5.41, 5.74) is 1.94. The highest BCUT2D eigenvalue weighted by molar-refractivity contribution is 5.97. The molecule has 0 bridgehead atoms.